The fourth-order valence-corrected chi connectivity index (χ4v) is 4.36. The van der Waals surface area contributed by atoms with Gasteiger partial charge in [-0.15, -0.1) is 11.3 Å². The van der Waals surface area contributed by atoms with E-state index >= 15 is 0 Å². The standard InChI is InChI=1S/C19H19NO3S/c1-10-16(12(3)21)18(17(11(2)20-10)19(22)23-4)14-9-24-15-8-6-5-7-13(14)15/h5-9,18,20H,1-4H3. The second-order valence-corrected chi connectivity index (χ2v) is 6.78. The van der Waals surface area contributed by atoms with Crippen LogP contribution in [0.25, 0.3) is 10.1 Å². The van der Waals surface area contributed by atoms with Crippen LogP contribution in [-0.4, -0.2) is 18.9 Å². The molecule has 5 heteroatoms. The molecule has 0 bridgehead atoms. The molecule has 3 rings (SSSR count). The third kappa shape index (κ3) is 2.55. The maximum Gasteiger partial charge on any atom is 0.336 e. The summed E-state index contributed by atoms with van der Waals surface area (Å²) in [5.41, 5.74) is 3.60. The molecule has 1 aromatic carbocycles. The van der Waals surface area contributed by atoms with Crippen LogP contribution in [0, 0.1) is 0 Å². The maximum absolute atomic E-state index is 12.4. The van der Waals surface area contributed by atoms with Gasteiger partial charge < -0.3 is 10.1 Å². The van der Waals surface area contributed by atoms with Crippen LogP contribution in [0.3, 0.4) is 0 Å². The number of ether oxygens (including phenoxy) is 1. The van der Waals surface area contributed by atoms with Gasteiger partial charge in [0.25, 0.3) is 0 Å². The lowest BCUT2D eigenvalue weighted by molar-refractivity contribution is -0.136. The van der Waals surface area contributed by atoms with Gasteiger partial charge in [0.1, 0.15) is 0 Å². The number of nitrogens with one attached hydrogen (secondary N) is 1. The number of hydrogen-bond acceptors (Lipinski definition) is 5. The molecule has 0 aliphatic carbocycles. The summed E-state index contributed by atoms with van der Waals surface area (Å²) in [6, 6.07) is 8.03. The number of ketones is 1. The minimum absolute atomic E-state index is 0.0471. The number of fused-ring (bicyclic) bond motifs is 1. The topological polar surface area (TPSA) is 55.4 Å². The molecule has 4 nitrogen and oxygen atoms in total. The number of carbonyl (C=O) groups is 2. The summed E-state index contributed by atoms with van der Waals surface area (Å²) in [4.78, 5) is 24.8. The smallest absolute Gasteiger partial charge is 0.336 e. The second kappa shape index (κ2) is 6.24. The van der Waals surface area contributed by atoms with Crippen molar-refractivity contribution < 1.29 is 14.3 Å². The molecular weight excluding hydrogens is 322 g/mol. The van der Waals surface area contributed by atoms with Crippen LogP contribution in [0.15, 0.2) is 52.2 Å². The van der Waals surface area contributed by atoms with Gasteiger partial charge >= 0.3 is 5.97 Å². The third-order valence-electron chi connectivity index (χ3n) is 4.37. The molecule has 1 aliphatic heterocycles. The number of methoxy groups -OCH3 is 1. The zero-order valence-corrected chi connectivity index (χ0v) is 14.9. The summed E-state index contributed by atoms with van der Waals surface area (Å²) in [5.74, 6) is -0.868. The van der Waals surface area contributed by atoms with Gasteiger partial charge in [0.05, 0.1) is 12.7 Å². The predicted octanol–water partition coefficient (Wildman–Crippen LogP) is 3.90. The van der Waals surface area contributed by atoms with Crippen LogP contribution >= 0.6 is 11.3 Å². The first kappa shape index (κ1) is 16.5. The molecule has 0 saturated carbocycles. The van der Waals surface area contributed by atoms with E-state index in [1.54, 1.807) is 11.3 Å². The minimum Gasteiger partial charge on any atom is -0.466 e. The second-order valence-electron chi connectivity index (χ2n) is 5.87. The van der Waals surface area contributed by atoms with E-state index in [0.29, 0.717) is 11.1 Å². The van der Waals surface area contributed by atoms with Crippen molar-refractivity contribution in [1.29, 1.82) is 0 Å². The van der Waals surface area contributed by atoms with E-state index in [0.717, 1.165) is 27.0 Å². The Labute approximate surface area is 144 Å². The van der Waals surface area contributed by atoms with Crippen molar-refractivity contribution >= 4 is 33.2 Å². The quantitative estimate of drug-likeness (QED) is 0.860. The minimum atomic E-state index is -0.411. The number of rotatable bonds is 3. The molecule has 0 radical (unpaired) electrons. The Morgan fingerprint density at radius 3 is 2.46 bits per heavy atom. The van der Waals surface area contributed by atoms with Crippen molar-refractivity contribution in [3.63, 3.8) is 0 Å². The van der Waals surface area contributed by atoms with Crippen molar-refractivity contribution in [1.82, 2.24) is 5.32 Å². The van der Waals surface area contributed by atoms with Gasteiger partial charge in [0, 0.05) is 27.6 Å². The van der Waals surface area contributed by atoms with E-state index < -0.39 is 11.9 Å². The molecule has 1 aliphatic rings. The van der Waals surface area contributed by atoms with Crippen molar-refractivity contribution in [2.75, 3.05) is 7.11 Å². The number of hydrogen-bond donors (Lipinski definition) is 1. The number of thiophene rings is 1. The van der Waals surface area contributed by atoms with Crippen LogP contribution in [0.5, 0.6) is 0 Å². The molecule has 1 N–H and O–H groups in total. The predicted molar refractivity (Wildman–Crippen MR) is 95.8 cm³/mol. The zero-order chi connectivity index (χ0) is 17.4. The van der Waals surface area contributed by atoms with Crippen LogP contribution < -0.4 is 5.32 Å². The van der Waals surface area contributed by atoms with Gasteiger partial charge in [-0.2, -0.15) is 0 Å². The number of carbonyl (C=O) groups excluding carboxylic acids is 2. The van der Waals surface area contributed by atoms with E-state index in [2.05, 4.69) is 5.32 Å². The Kier molecular flexibility index (Phi) is 4.28. The highest BCUT2D eigenvalue weighted by Crippen LogP contribution is 2.43. The molecule has 0 saturated heterocycles. The molecule has 124 valence electrons. The van der Waals surface area contributed by atoms with Gasteiger partial charge in [0.2, 0.25) is 0 Å². The Bertz CT molecular complexity index is 904. The first-order valence-corrected chi connectivity index (χ1v) is 8.57. The van der Waals surface area contributed by atoms with E-state index in [9.17, 15) is 9.59 Å². The van der Waals surface area contributed by atoms with Crippen molar-refractivity contribution in [2.45, 2.75) is 26.7 Å². The number of dihydropyridines is 1. The normalized spacial score (nSPS) is 17.9. The number of esters is 1. The maximum atomic E-state index is 12.4. The largest absolute Gasteiger partial charge is 0.466 e. The lowest BCUT2D eigenvalue weighted by Crippen LogP contribution is -2.30. The van der Waals surface area contributed by atoms with E-state index in [4.69, 9.17) is 4.74 Å². The first-order chi connectivity index (χ1) is 11.5. The number of benzene rings is 1. The summed E-state index contributed by atoms with van der Waals surface area (Å²) < 4.78 is 6.13. The Hall–Kier alpha value is -2.40. The molecular formula is C19H19NO3S. The average molecular weight is 341 g/mol. The van der Waals surface area contributed by atoms with Gasteiger partial charge in [-0.25, -0.2) is 4.79 Å². The SMILES string of the molecule is COC(=O)C1=C(C)NC(C)=C(C(C)=O)C1c1csc2ccccc12. The highest BCUT2D eigenvalue weighted by atomic mass is 32.1. The molecule has 0 fully saturated rings. The molecule has 2 aromatic rings. The molecule has 0 spiro atoms. The molecule has 24 heavy (non-hydrogen) atoms. The Morgan fingerprint density at radius 2 is 1.79 bits per heavy atom. The highest BCUT2D eigenvalue weighted by molar-refractivity contribution is 7.17. The molecule has 1 atom stereocenters. The first-order valence-electron chi connectivity index (χ1n) is 7.69. The van der Waals surface area contributed by atoms with Crippen LogP contribution in [0.2, 0.25) is 0 Å². The summed E-state index contributed by atoms with van der Waals surface area (Å²) in [6.45, 7) is 5.25. The highest BCUT2D eigenvalue weighted by Gasteiger charge is 2.36. The van der Waals surface area contributed by atoms with Crippen molar-refractivity contribution in [3.8, 4) is 0 Å². The summed E-state index contributed by atoms with van der Waals surface area (Å²) >= 11 is 1.62. The van der Waals surface area contributed by atoms with E-state index in [-0.39, 0.29) is 5.78 Å². The summed E-state index contributed by atoms with van der Waals surface area (Å²) in [5, 5.41) is 6.26. The fourth-order valence-electron chi connectivity index (χ4n) is 3.37. The average Bonchev–Trinajstić information content (AvgIpc) is 2.96. The lowest BCUT2D eigenvalue weighted by atomic mass is 9.79. The third-order valence-corrected chi connectivity index (χ3v) is 5.35. The summed E-state index contributed by atoms with van der Waals surface area (Å²) in [7, 11) is 1.37. The van der Waals surface area contributed by atoms with Gasteiger partial charge in [-0.3, -0.25) is 4.79 Å². The molecule has 0 amide bonds. The van der Waals surface area contributed by atoms with Crippen LogP contribution in [0.1, 0.15) is 32.3 Å². The fraction of sp³-hybridized carbons (Fsp3) is 0.263. The van der Waals surface area contributed by atoms with Crippen molar-refractivity contribution in [3.05, 3.63) is 57.7 Å². The van der Waals surface area contributed by atoms with E-state index in [1.165, 1.54) is 14.0 Å². The van der Waals surface area contributed by atoms with Gasteiger partial charge in [0.15, 0.2) is 5.78 Å². The van der Waals surface area contributed by atoms with Crippen LogP contribution in [0.4, 0.5) is 0 Å². The zero-order valence-electron chi connectivity index (χ0n) is 14.1. The van der Waals surface area contributed by atoms with Crippen molar-refractivity contribution in [2.24, 2.45) is 0 Å². The monoisotopic (exact) mass is 341 g/mol. The molecule has 1 aromatic heterocycles. The summed E-state index contributed by atoms with van der Waals surface area (Å²) in [6.07, 6.45) is 0. The Balaban J connectivity index is 2.30. The molecule has 1 unspecified atom stereocenters. The lowest BCUT2D eigenvalue weighted by Gasteiger charge is -2.30. The van der Waals surface area contributed by atoms with Gasteiger partial charge in [-0.1, -0.05) is 18.2 Å². The number of Topliss-reactive ketones (excluding diaryl/α,β-unsaturated/α-hetero) is 1. The molecule has 2 heterocycles. The number of allylic oxidation sites excluding steroid dienone is 3. The van der Waals surface area contributed by atoms with Gasteiger partial charge in [-0.05, 0) is 43.2 Å². The Morgan fingerprint density at radius 1 is 1.12 bits per heavy atom. The van der Waals surface area contributed by atoms with Crippen LogP contribution in [-0.2, 0) is 14.3 Å². The van der Waals surface area contributed by atoms with E-state index in [1.807, 2.05) is 43.5 Å².